The van der Waals surface area contributed by atoms with Gasteiger partial charge in [-0.25, -0.2) is 0 Å². The van der Waals surface area contributed by atoms with E-state index in [0.29, 0.717) is 31.2 Å². The molecular formula is C20H10Br4O2. The van der Waals surface area contributed by atoms with Crippen molar-refractivity contribution in [2.24, 2.45) is 0 Å². The maximum Gasteiger partial charge on any atom is 0.194 e. The van der Waals surface area contributed by atoms with Crippen molar-refractivity contribution in [2.75, 3.05) is 0 Å². The molecule has 0 bridgehead atoms. The average Bonchev–Trinajstić information content (AvgIpc) is 2.63. The molecule has 0 unspecified atom stereocenters. The number of carbonyl (C=O) groups is 2. The van der Waals surface area contributed by atoms with E-state index < -0.39 is 0 Å². The molecule has 0 aliphatic rings. The predicted octanol–water partition coefficient (Wildman–Crippen LogP) is 7.20. The molecule has 0 saturated carbocycles. The highest BCUT2D eigenvalue weighted by molar-refractivity contribution is 9.11. The Morgan fingerprint density at radius 3 is 1.15 bits per heavy atom. The van der Waals surface area contributed by atoms with Crippen LogP contribution in [0.1, 0.15) is 31.8 Å². The summed E-state index contributed by atoms with van der Waals surface area (Å²) in [5, 5.41) is 0. The molecular weight excluding hydrogens is 592 g/mol. The summed E-state index contributed by atoms with van der Waals surface area (Å²) in [5.74, 6) is -0.236. The number of rotatable bonds is 4. The molecule has 3 aromatic rings. The zero-order valence-corrected chi connectivity index (χ0v) is 19.4. The number of halogens is 4. The topological polar surface area (TPSA) is 34.1 Å². The van der Waals surface area contributed by atoms with E-state index in [1.807, 2.05) is 24.3 Å². The second-order valence-corrected chi connectivity index (χ2v) is 9.02. The summed E-state index contributed by atoms with van der Waals surface area (Å²) in [7, 11) is 0. The predicted molar refractivity (Wildman–Crippen MR) is 117 cm³/mol. The van der Waals surface area contributed by atoms with Gasteiger partial charge in [-0.05, 0) is 60.7 Å². The molecule has 0 heterocycles. The van der Waals surface area contributed by atoms with Crippen molar-refractivity contribution >= 4 is 75.3 Å². The summed E-state index contributed by atoms with van der Waals surface area (Å²) in [4.78, 5) is 25.5. The van der Waals surface area contributed by atoms with Crippen LogP contribution in [0.4, 0.5) is 0 Å². The smallest absolute Gasteiger partial charge is 0.194 e. The first kappa shape index (κ1) is 19.7. The van der Waals surface area contributed by atoms with Gasteiger partial charge >= 0.3 is 0 Å². The van der Waals surface area contributed by atoms with Gasteiger partial charge in [0.05, 0.1) is 0 Å². The fraction of sp³-hybridized carbons (Fsp3) is 0. The highest BCUT2D eigenvalue weighted by Crippen LogP contribution is 2.30. The van der Waals surface area contributed by atoms with Gasteiger partial charge in [0.25, 0.3) is 0 Å². The van der Waals surface area contributed by atoms with Crippen LogP contribution in [-0.4, -0.2) is 11.6 Å². The quantitative estimate of drug-likeness (QED) is 0.297. The highest BCUT2D eigenvalue weighted by atomic mass is 79.9. The van der Waals surface area contributed by atoms with Crippen LogP contribution in [0, 0.1) is 0 Å². The highest BCUT2D eigenvalue weighted by Gasteiger charge is 2.19. The third kappa shape index (κ3) is 4.25. The fourth-order valence-corrected chi connectivity index (χ4v) is 3.98. The number of hydrogen-bond acceptors (Lipinski definition) is 2. The molecule has 0 amide bonds. The summed E-state index contributed by atoms with van der Waals surface area (Å²) in [5.41, 5.74) is 2.14. The molecule has 0 atom stereocenters. The lowest BCUT2D eigenvalue weighted by molar-refractivity contribution is 0.102. The molecule has 6 heteroatoms. The Kier molecular flexibility index (Phi) is 6.28. The van der Waals surface area contributed by atoms with Gasteiger partial charge in [0.1, 0.15) is 0 Å². The summed E-state index contributed by atoms with van der Waals surface area (Å²) in [6.45, 7) is 0. The van der Waals surface area contributed by atoms with Gasteiger partial charge in [0.15, 0.2) is 11.6 Å². The number of benzene rings is 3. The van der Waals surface area contributed by atoms with Crippen molar-refractivity contribution in [3.8, 4) is 0 Å². The number of ketones is 2. The summed E-state index contributed by atoms with van der Waals surface area (Å²) in [6.07, 6.45) is 0. The first-order chi connectivity index (χ1) is 12.4. The molecule has 0 N–H and O–H groups in total. The van der Waals surface area contributed by atoms with E-state index in [2.05, 4.69) is 63.7 Å². The van der Waals surface area contributed by atoms with Crippen molar-refractivity contribution in [1.29, 1.82) is 0 Å². The van der Waals surface area contributed by atoms with E-state index in [0.717, 1.165) is 8.95 Å². The van der Waals surface area contributed by atoms with Crippen molar-refractivity contribution in [2.45, 2.75) is 0 Å². The molecule has 0 saturated heterocycles. The first-order valence-electron chi connectivity index (χ1n) is 7.46. The van der Waals surface area contributed by atoms with Crippen molar-refractivity contribution in [3.63, 3.8) is 0 Å². The Labute approximate surface area is 184 Å². The van der Waals surface area contributed by atoms with Gasteiger partial charge in [-0.15, -0.1) is 0 Å². The zero-order chi connectivity index (χ0) is 18.8. The lowest BCUT2D eigenvalue weighted by atomic mass is 9.98. The first-order valence-corrected chi connectivity index (χ1v) is 10.6. The fourth-order valence-electron chi connectivity index (χ4n) is 2.41. The van der Waals surface area contributed by atoms with E-state index in [4.69, 9.17) is 0 Å². The Bertz CT molecular complexity index is 910. The molecule has 0 aromatic heterocycles. The maximum atomic E-state index is 12.8. The largest absolute Gasteiger partial charge is 0.289 e. The van der Waals surface area contributed by atoms with Crippen LogP contribution in [0.25, 0.3) is 0 Å². The Balaban J connectivity index is 1.98. The van der Waals surface area contributed by atoms with Crippen molar-refractivity contribution in [1.82, 2.24) is 0 Å². The van der Waals surface area contributed by atoms with E-state index in [1.54, 1.807) is 36.4 Å². The third-order valence-corrected chi connectivity index (χ3v) is 6.13. The van der Waals surface area contributed by atoms with E-state index in [9.17, 15) is 9.59 Å². The average molecular weight is 602 g/mol. The molecule has 3 rings (SSSR count). The summed E-state index contributed by atoms with van der Waals surface area (Å²) < 4.78 is 2.97. The number of hydrogen-bond donors (Lipinski definition) is 0. The molecule has 0 fully saturated rings. The van der Waals surface area contributed by atoms with Gasteiger partial charge in [-0.1, -0.05) is 63.7 Å². The molecule has 130 valence electrons. The molecule has 2 nitrogen and oxygen atoms in total. The maximum absolute atomic E-state index is 12.8. The lowest BCUT2D eigenvalue weighted by Crippen LogP contribution is -2.07. The van der Waals surface area contributed by atoms with Crippen molar-refractivity contribution in [3.05, 3.63) is 101 Å². The Morgan fingerprint density at radius 2 is 0.846 bits per heavy atom. The van der Waals surface area contributed by atoms with Crippen LogP contribution in [-0.2, 0) is 0 Å². The van der Waals surface area contributed by atoms with Gasteiger partial charge in [0, 0.05) is 40.1 Å². The minimum absolute atomic E-state index is 0.118. The standard InChI is InChI=1S/C20H10Br4O2/c21-13-5-1-11(2-6-13)19(25)15-9-18(24)16(10-17(15)23)20(26)12-3-7-14(22)8-4-12/h1-10H. The monoisotopic (exact) mass is 598 g/mol. The molecule has 0 spiro atoms. The molecule has 0 aliphatic heterocycles. The van der Waals surface area contributed by atoms with Crippen LogP contribution in [0.5, 0.6) is 0 Å². The van der Waals surface area contributed by atoms with Crippen LogP contribution in [0.3, 0.4) is 0 Å². The lowest BCUT2D eigenvalue weighted by Gasteiger charge is -2.10. The molecule has 3 aromatic carbocycles. The van der Waals surface area contributed by atoms with Gasteiger partial charge < -0.3 is 0 Å². The minimum atomic E-state index is -0.118. The van der Waals surface area contributed by atoms with Gasteiger partial charge in [-0.2, -0.15) is 0 Å². The zero-order valence-electron chi connectivity index (χ0n) is 13.1. The van der Waals surface area contributed by atoms with Crippen LogP contribution in [0.2, 0.25) is 0 Å². The SMILES string of the molecule is O=C(c1ccc(Br)cc1)c1cc(Br)c(C(=O)c2ccc(Br)cc2)cc1Br. The second kappa shape index (κ2) is 8.30. The van der Waals surface area contributed by atoms with Crippen LogP contribution >= 0.6 is 63.7 Å². The van der Waals surface area contributed by atoms with Crippen LogP contribution in [0.15, 0.2) is 78.6 Å². The summed E-state index contributed by atoms with van der Waals surface area (Å²) in [6, 6.07) is 17.7. The molecule has 26 heavy (non-hydrogen) atoms. The minimum Gasteiger partial charge on any atom is -0.289 e. The normalized spacial score (nSPS) is 10.6. The van der Waals surface area contributed by atoms with E-state index >= 15 is 0 Å². The second-order valence-electron chi connectivity index (χ2n) is 5.48. The van der Waals surface area contributed by atoms with Crippen molar-refractivity contribution < 1.29 is 9.59 Å². The van der Waals surface area contributed by atoms with Crippen LogP contribution < -0.4 is 0 Å². The third-order valence-electron chi connectivity index (χ3n) is 3.76. The van der Waals surface area contributed by atoms with E-state index in [1.165, 1.54) is 0 Å². The summed E-state index contributed by atoms with van der Waals surface area (Å²) >= 11 is 13.6. The van der Waals surface area contributed by atoms with E-state index in [-0.39, 0.29) is 11.6 Å². The Morgan fingerprint density at radius 1 is 0.538 bits per heavy atom. The van der Waals surface area contributed by atoms with Gasteiger partial charge in [-0.3, -0.25) is 9.59 Å². The van der Waals surface area contributed by atoms with Gasteiger partial charge in [0.2, 0.25) is 0 Å². The molecule has 0 aliphatic carbocycles. The Hall–Kier alpha value is -1.08. The molecule has 0 radical (unpaired) electrons. The number of carbonyl (C=O) groups excluding carboxylic acids is 2.